The molecule has 26 heavy (non-hydrogen) atoms. The van der Waals surface area contributed by atoms with Gasteiger partial charge in [-0.2, -0.15) is 0 Å². The Hall–Kier alpha value is -2.89. The lowest BCUT2D eigenvalue weighted by Gasteiger charge is -2.32. The fourth-order valence-electron chi connectivity index (χ4n) is 3.04. The molecule has 1 saturated heterocycles. The Morgan fingerprint density at radius 1 is 1.00 bits per heavy atom. The monoisotopic (exact) mass is 355 g/mol. The Balaban J connectivity index is 1.42. The van der Waals surface area contributed by atoms with Gasteiger partial charge in [0, 0.05) is 24.8 Å². The first-order valence-corrected chi connectivity index (χ1v) is 8.75. The Morgan fingerprint density at radius 3 is 2.31 bits per heavy atom. The first-order chi connectivity index (χ1) is 12.6. The van der Waals surface area contributed by atoms with Crippen molar-refractivity contribution in [3.8, 4) is 0 Å². The molecule has 5 nitrogen and oxygen atoms in total. The second-order valence-corrected chi connectivity index (χ2v) is 6.42. The van der Waals surface area contributed by atoms with Crippen LogP contribution in [0.3, 0.4) is 0 Å². The van der Waals surface area contributed by atoms with Crippen LogP contribution in [0, 0.1) is 5.82 Å². The summed E-state index contributed by atoms with van der Waals surface area (Å²) in [5, 5.41) is 5.75. The van der Waals surface area contributed by atoms with Gasteiger partial charge in [-0.15, -0.1) is 0 Å². The van der Waals surface area contributed by atoms with E-state index in [4.69, 9.17) is 0 Å². The molecule has 0 saturated carbocycles. The maximum atomic E-state index is 12.9. The first kappa shape index (κ1) is 17.9. The molecule has 136 valence electrons. The van der Waals surface area contributed by atoms with E-state index in [0.29, 0.717) is 13.1 Å². The van der Waals surface area contributed by atoms with E-state index in [1.54, 1.807) is 17.0 Å². The molecule has 2 N–H and O–H groups in total. The number of piperidine rings is 1. The molecule has 1 aliphatic heterocycles. The SMILES string of the molecule is O=C(Nc1ccccc1)NC1CCN(C(=O)Cc2ccc(F)cc2)CC1. The maximum absolute atomic E-state index is 12.9. The number of hydrogen-bond acceptors (Lipinski definition) is 2. The number of carbonyl (C=O) groups excluding carboxylic acids is 2. The summed E-state index contributed by atoms with van der Waals surface area (Å²) in [4.78, 5) is 26.2. The van der Waals surface area contributed by atoms with Gasteiger partial charge in [0.15, 0.2) is 0 Å². The lowest BCUT2D eigenvalue weighted by molar-refractivity contribution is -0.131. The largest absolute Gasteiger partial charge is 0.342 e. The normalized spacial score (nSPS) is 14.7. The van der Waals surface area contributed by atoms with Crippen LogP contribution in [0.25, 0.3) is 0 Å². The zero-order chi connectivity index (χ0) is 18.4. The molecule has 0 aliphatic carbocycles. The first-order valence-electron chi connectivity index (χ1n) is 8.75. The van der Waals surface area contributed by atoms with Gasteiger partial charge in [0.25, 0.3) is 0 Å². The van der Waals surface area contributed by atoms with Crippen LogP contribution in [0.2, 0.25) is 0 Å². The van der Waals surface area contributed by atoms with Crippen LogP contribution >= 0.6 is 0 Å². The van der Waals surface area contributed by atoms with Crippen molar-refractivity contribution >= 4 is 17.6 Å². The fraction of sp³-hybridized carbons (Fsp3) is 0.300. The lowest BCUT2D eigenvalue weighted by atomic mass is 10.0. The maximum Gasteiger partial charge on any atom is 0.319 e. The zero-order valence-corrected chi connectivity index (χ0v) is 14.5. The predicted octanol–water partition coefficient (Wildman–Crippen LogP) is 3.18. The predicted molar refractivity (Wildman–Crippen MR) is 98.3 cm³/mol. The van der Waals surface area contributed by atoms with E-state index in [9.17, 15) is 14.0 Å². The molecule has 3 rings (SSSR count). The van der Waals surface area contributed by atoms with Crippen molar-refractivity contribution in [3.05, 3.63) is 66.0 Å². The molecule has 3 amide bonds. The molecule has 0 atom stereocenters. The summed E-state index contributed by atoms with van der Waals surface area (Å²) in [6, 6.07) is 15.1. The standard InChI is InChI=1S/C20H22FN3O2/c21-16-8-6-15(7-9-16)14-19(25)24-12-10-18(11-13-24)23-20(26)22-17-4-2-1-3-5-17/h1-9,18H,10-14H2,(H2,22,23,26). The summed E-state index contributed by atoms with van der Waals surface area (Å²) >= 11 is 0. The van der Waals surface area contributed by atoms with Gasteiger partial charge in [0.05, 0.1) is 6.42 Å². The van der Waals surface area contributed by atoms with Crippen molar-refractivity contribution in [2.24, 2.45) is 0 Å². The number of carbonyl (C=O) groups is 2. The Bertz CT molecular complexity index is 741. The highest BCUT2D eigenvalue weighted by molar-refractivity contribution is 5.89. The van der Waals surface area contributed by atoms with E-state index in [1.807, 2.05) is 30.3 Å². The second kappa shape index (κ2) is 8.47. The molecule has 2 aromatic rings. The Labute approximate surface area is 152 Å². The van der Waals surface area contributed by atoms with Crippen LogP contribution in [0.15, 0.2) is 54.6 Å². The molecule has 0 radical (unpaired) electrons. The number of amides is 3. The topological polar surface area (TPSA) is 61.4 Å². The average Bonchev–Trinajstić information content (AvgIpc) is 2.65. The summed E-state index contributed by atoms with van der Waals surface area (Å²) in [6.07, 6.45) is 1.71. The summed E-state index contributed by atoms with van der Waals surface area (Å²) in [6.45, 7) is 1.21. The number of nitrogens with zero attached hydrogens (tertiary/aromatic N) is 1. The van der Waals surface area contributed by atoms with Crippen LogP contribution in [-0.4, -0.2) is 36.0 Å². The molecule has 1 heterocycles. The van der Waals surface area contributed by atoms with E-state index in [-0.39, 0.29) is 30.2 Å². The number of hydrogen-bond donors (Lipinski definition) is 2. The van der Waals surface area contributed by atoms with E-state index in [1.165, 1.54) is 12.1 Å². The van der Waals surface area contributed by atoms with Gasteiger partial charge in [-0.1, -0.05) is 30.3 Å². The molecule has 0 spiro atoms. The summed E-state index contributed by atoms with van der Waals surface area (Å²) in [7, 11) is 0. The Morgan fingerprint density at radius 2 is 1.65 bits per heavy atom. The second-order valence-electron chi connectivity index (χ2n) is 6.42. The molecule has 2 aromatic carbocycles. The molecular formula is C20H22FN3O2. The van der Waals surface area contributed by atoms with Crippen LogP contribution < -0.4 is 10.6 Å². The highest BCUT2D eigenvalue weighted by Crippen LogP contribution is 2.13. The number of anilines is 1. The van der Waals surface area contributed by atoms with Crippen LogP contribution in [-0.2, 0) is 11.2 Å². The van der Waals surface area contributed by atoms with Crippen molar-refractivity contribution in [1.82, 2.24) is 10.2 Å². The minimum Gasteiger partial charge on any atom is -0.342 e. The number of para-hydroxylation sites is 1. The Kier molecular flexibility index (Phi) is 5.84. The fourth-order valence-corrected chi connectivity index (χ4v) is 3.04. The van der Waals surface area contributed by atoms with Crippen molar-refractivity contribution in [3.63, 3.8) is 0 Å². The summed E-state index contributed by atoms with van der Waals surface area (Å²) in [5.74, 6) is -0.273. The van der Waals surface area contributed by atoms with E-state index in [2.05, 4.69) is 10.6 Å². The highest BCUT2D eigenvalue weighted by Gasteiger charge is 2.23. The van der Waals surface area contributed by atoms with Gasteiger partial charge in [-0.25, -0.2) is 9.18 Å². The smallest absolute Gasteiger partial charge is 0.319 e. The third kappa shape index (κ3) is 5.05. The van der Waals surface area contributed by atoms with Crippen molar-refractivity contribution in [2.75, 3.05) is 18.4 Å². The molecule has 1 fully saturated rings. The molecule has 0 unspecified atom stereocenters. The van der Waals surface area contributed by atoms with E-state index in [0.717, 1.165) is 24.1 Å². The number of likely N-dealkylation sites (tertiary alicyclic amines) is 1. The van der Waals surface area contributed by atoms with Gasteiger partial charge in [-0.05, 0) is 42.7 Å². The lowest BCUT2D eigenvalue weighted by Crippen LogP contribution is -2.47. The van der Waals surface area contributed by atoms with Crippen LogP contribution in [0.4, 0.5) is 14.9 Å². The number of benzene rings is 2. The third-order valence-electron chi connectivity index (χ3n) is 4.48. The molecule has 6 heteroatoms. The number of urea groups is 1. The van der Waals surface area contributed by atoms with E-state index >= 15 is 0 Å². The van der Waals surface area contributed by atoms with Crippen LogP contribution in [0.1, 0.15) is 18.4 Å². The van der Waals surface area contributed by atoms with Crippen molar-refractivity contribution in [1.29, 1.82) is 0 Å². The highest BCUT2D eigenvalue weighted by atomic mass is 19.1. The molecule has 1 aliphatic rings. The van der Waals surface area contributed by atoms with E-state index < -0.39 is 0 Å². The number of nitrogens with one attached hydrogen (secondary N) is 2. The van der Waals surface area contributed by atoms with Gasteiger partial charge >= 0.3 is 6.03 Å². The van der Waals surface area contributed by atoms with Gasteiger partial charge in [-0.3, -0.25) is 4.79 Å². The number of rotatable bonds is 4. The zero-order valence-electron chi connectivity index (χ0n) is 14.5. The van der Waals surface area contributed by atoms with Crippen molar-refractivity contribution < 1.29 is 14.0 Å². The molecule has 0 aromatic heterocycles. The minimum atomic E-state index is -0.304. The van der Waals surface area contributed by atoms with Crippen LogP contribution in [0.5, 0.6) is 0 Å². The molecule has 0 bridgehead atoms. The van der Waals surface area contributed by atoms with Crippen molar-refractivity contribution in [2.45, 2.75) is 25.3 Å². The van der Waals surface area contributed by atoms with Gasteiger partial charge in [0.1, 0.15) is 5.82 Å². The number of halogens is 1. The minimum absolute atomic E-state index is 0.0313. The van der Waals surface area contributed by atoms with Gasteiger partial charge in [0.2, 0.25) is 5.91 Å². The van der Waals surface area contributed by atoms with Gasteiger partial charge < -0.3 is 15.5 Å². The molecular weight excluding hydrogens is 333 g/mol. The average molecular weight is 355 g/mol. The summed E-state index contributed by atoms with van der Waals surface area (Å²) < 4.78 is 12.9. The quantitative estimate of drug-likeness (QED) is 0.885. The summed E-state index contributed by atoms with van der Waals surface area (Å²) in [5.41, 5.74) is 1.55. The third-order valence-corrected chi connectivity index (χ3v) is 4.48.